The summed E-state index contributed by atoms with van der Waals surface area (Å²) in [6.07, 6.45) is 2.00. The Hall–Kier alpha value is -2.20. The highest BCUT2D eigenvalue weighted by atomic mass is 17.1. The minimum absolute atomic E-state index is 0.0131. The fraction of sp³-hybridized carbons (Fsp3) is 0.833. The minimum Gasteiger partial charge on any atom is -0.481 e. The van der Waals surface area contributed by atoms with Gasteiger partial charge in [0.15, 0.2) is 0 Å². The van der Waals surface area contributed by atoms with Crippen molar-refractivity contribution in [3.05, 3.63) is 0 Å². The van der Waals surface area contributed by atoms with Crippen LogP contribution in [0, 0.1) is 21.7 Å². The Bertz CT molecular complexity index is 737. The lowest BCUT2D eigenvalue weighted by Crippen LogP contribution is -2.44. The van der Waals surface area contributed by atoms with Crippen LogP contribution in [-0.2, 0) is 28.4 Å². The van der Waals surface area contributed by atoms with Crippen molar-refractivity contribution in [1.82, 2.24) is 0 Å². The van der Waals surface area contributed by atoms with Gasteiger partial charge in [-0.1, -0.05) is 13.8 Å². The largest absolute Gasteiger partial charge is 0.481 e. The van der Waals surface area contributed by atoms with Gasteiger partial charge in [0.05, 0.1) is 34.9 Å². The smallest absolute Gasteiger partial charge is 0.380 e. The topological polar surface area (TPSA) is 162 Å². The lowest BCUT2D eigenvalue weighted by molar-refractivity contribution is -0.736. The van der Waals surface area contributed by atoms with Crippen LogP contribution in [0.2, 0.25) is 0 Å². The van der Waals surface area contributed by atoms with Crippen LogP contribution in [0.15, 0.2) is 0 Å². The van der Waals surface area contributed by atoms with Crippen LogP contribution in [0.5, 0.6) is 0 Å². The van der Waals surface area contributed by atoms with Crippen molar-refractivity contribution >= 4 is 24.2 Å². The lowest BCUT2D eigenvalue weighted by Gasteiger charge is -2.39. The molecule has 0 bridgehead atoms. The van der Waals surface area contributed by atoms with E-state index in [9.17, 15) is 29.7 Å². The van der Waals surface area contributed by atoms with E-state index in [0.29, 0.717) is 6.42 Å². The van der Waals surface area contributed by atoms with E-state index < -0.39 is 39.6 Å². The summed E-state index contributed by atoms with van der Waals surface area (Å²) in [5.41, 5.74) is -4.66. The van der Waals surface area contributed by atoms with Crippen molar-refractivity contribution in [3.63, 3.8) is 0 Å². The molecule has 10 nitrogen and oxygen atoms in total. The van der Waals surface area contributed by atoms with Crippen LogP contribution in [-0.4, -0.2) is 71.2 Å². The van der Waals surface area contributed by atoms with Gasteiger partial charge in [-0.25, -0.2) is 0 Å². The van der Waals surface area contributed by atoms with Crippen molar-refractivity contribution in [2.45, 2.75) is 79.1 Å². The van der Waals surface area contributed by atoms with Gasteiger partial charge in [-0.05, 0) is 65.2 Å². The van der Waals surface area contributed by atoms with Crippen LogP contribution >= 0.6 is 0 Å². The summed E-state index contributed by atoms with van der Waals surface area (Å²) in [6.45, 7) is 5.91. The van der Waals surface area contributed by atoms with Gasteiger partial charge in [0.25, 0.3) is 0 Å². The predicted molar refractivity (Wildman–Crippen MR) is 122 cm³/mol. The van der Waals surface area contributed by atoms with E-state index in [2.05, 4.69) is 4.58 Å². The van der Waals surface area contributed by atoms with Crippen molar-refractivity contribution in [2.75, 3.05) is 26.4 Å². The molecule has 1 aliphatic heterocycles. The quantitative estimate of drug-likeness (QED) is 0.132. The van der Waals surface area contributed by atoms with Crippen molar-refractivity contribution in [3.8, 4) is 0 Å². The van der Waals surface area contributed by atoms with Crippen LogP contribution in [0.25, 0.3) is 0 Å². The number of carbonyl (C=O) groups is 3. The summed E-state index contributed by atoms with van der Waals surface area (Å²) in [5, 5.41) is 38.5. The fourth-order valence-corrected chi connectivity index (χ4v) is 5.04. The first-order valence-corrected chi connectivity index (χ1v) is 11.9. The third-order valence-corrected chi connectivity index (χ3v) is 7.52. The van der Waals surface area contributed by atoms with E-state index in [4.69, 9.17) is 14.7 Å². The van der Waals surface area contributed by atoms with E-state index in [-0.39, 0.29) is 71.4 Å². The first kappa shape index (κ1) is 29.8. The average Bonchev–Trinajstić information content (AvgIpc) is 2.77. The zero-order valence-electron chi connectivity index (χ0n) is 20.8. The molecule has 0 aromatic heterocycles. The first-order chi connectivity index (χ1) is 15.9. The molecule has 1 rings (SSSR count). The molecule has 0 aromatic rings. The summed E-state index contributed by atoms with van der Waals surface area (Å²) in [5.74, 6) is -2.31. The van der Waals surface area contributed by atoms with Gasteiger partial charge in [-0.2, -0.15) is 5.26 Å². The number of carbonyl (C=O) groups excluding carboxylic acids is 3. The number of hydrogen-bond acceptors (Lipinski definition) is 8. The molecule has 196 valence electrons. The maximum absolute atomic E-state index is 13.3. The number of aldehydes is 1. The van der Waals surface area contributed by atoms with E-state index in [1.54, 1.807) is 27.7 Å². The Morgan fingerprint density at radius 1 is 0.971 bits per heavy atom. The SMILES string of the molecule is CCC1(C(=O)O)CCOC(=O)C(CC)(CCO)CC(C)(C=[O+]O)CCOC(=O)C(C)(CCO)C1. The standard InChI is InChI=1S/C24H40O10/c1-5-23(18(27)28)10-14-33-20(30)24(6-2,8-12-26)15-21(3,17-34-31)9-13-32-19(29)22(4,16-23)7-11-25/h17,25-26,31H,5-16H2,1-4H3/p+1. The Morgan fingerprint density at radius 3 is 2.06 bits per heavy atom. The van der Waals surface area contributed by atoms with Gasteiger partial charge in [0, 0.05) is 17.8 Å². The molecule has 0 saturated carbocycles. The molecule has 34 heavy (non-hydrogen) atoms. The highest BCUT2D eigenvalue weighted by Gasteiger charge is 2.50. The van der Waals surface area contributed by atoms with Gasteiger partial charge in [-0.15, -0.1) is 0 Å². The molecule has 10 heteroatoms. The van der Waals surface area contributed by atoms with Gasteiger partial charge < -0.3 is 24.8 Å². The predicted octanol–water partition coefficient (Wildman–Crippen LogP) is 2.51. The van der Waals surface area contributed by atoms with Gasteiger partial charge >= 0.3 is 24.2 Å². The highest BCUT2D eigenvalue weighted by molar-refractivity contribution is 5.80. The zero-order valence-corrected chi connectivity index (χ0v) is 20.8. The van der Waals surface area contributed by atoms with E-state index >= 15 is 0 Å². The second-order valence-corrected chi connectivity index (χ2v) is 10.1. The molecular formula is C24H41O10+. The first-order valence-electron chi connectivity index (χ1n) is 11.9. The van der Waals surface area contributed by atoms with Crippen LogP contribution in [0.4, 0.5) is 0 Å². The van der Waals surface area contributed by atoms with E-state index in [1.165, 1.54) is 6.29 Å². The fourth-order valence-electron chi connectivity index (χ4n) is 5.04. The summed E-state index contributed by atoms with van der Waals surface area (Å²) in [7, 11) is 0. The molecule has 1 saturated heterocycles. The van der Waals surface area contributed by atoms with Crippen molar-refractivity contribution < 1.29 is 49.0 Å². The molecule has 4 atom stereocenters. The maximum Gasteiger partial charge on any atom is 0.380 e. The Morgan fingerprint density at radius 2 is 1.56 bits per heavy atom. The third kappa shape index (κ3) is 6.91. The van der Waals surface area contributed by atoms with Crippen LogP contribution in [0.3, 0.4) is 0 Å². The van der Waals surface area contributed by atoms with Crippen molar-refractivity contribution in [1.29, 1.82) is 0 Å². The van der Waals surface area contributed by atoms with E-state index in [1.807, 2.05) is 0 Å². The summed E-state index contributed by atoms with van der Waals surface area (Å²) < 4.78 is 15.4. The molecule has 4 N–H and O–H groups in total. The second kappa shape index (κ2) is 12.5. The number of rotatable bonds is 8. The molecule has 1 heterocycles. The van der Waals surface area contributed by atoms with Gasteiger partial charge in [-0.3, -0.25) is 14.4 Å². The van der Waals surface area contributed by atoms with Crippen LogP contribution < -0.4 is 0 Å². The van der Waals surface area contributed by atoms with Crippen molar-refractivity contribution in [2.24, 2.45) is 21.7 Å². The second-order valence-electron chi connectivity index (χ2n) is 10.1. The molecule has 1 aliphatic rings. The normalized spacial score (nSPS) is 34.3. The number of ether oxygens (including phenoxy) is 2. The van der Waals surface area contributed by atoms with Gasteiger partial charge in [0.1, 0.15) is 0 Å². The Labute approximate surface area is 200 Å². The molecule has 0 amide bonds. The Kier molecular flexibility index (Phi) is 11.0. The average molecular weight is 490 g/mol. The zero-order chi connectivity index (χ0) is 26.0. The molecule has 4 unspecified atom stereocenters. The molecular weight excluding hydrogens is 448 g/mol. The summed E-state index contributed by atoms with van der Waals surface area (Å²) in [6, 6.07) is 0. The number of aliphatic hydroxyl groups is 2. The number of cyclic esters (lactones) is 2. The number of carboxylic acids is 1. The third-order valence-electron chi connectivity index (χ3n) is 7.52. The number of aliphatic carboxylic acids is 1. The maximum atomic E-state index is 13.3. The molecule has 0 aliphatic carbocycles. The number of carboxylic acid groups (broad SMARTS) is 1. The highest BCUT2D eigenvalue weighted by Crippen LogP contribution is 2.45. The Balaban J connectivity index is 3.50. The molecule has 0 aromatic carbocycles. The lowest BCUT2D eigenvalue weighted by atomic mass is 9.67. The molecule has 0 radical (unpaired) electrons. The van der Waals surface area contributed by atoms with E-state index in [0.717, 1.165) is 0 Å². The number of aliphatic hydroxyl groups excluding tert-OH is 2. The minimum atomic E-state index is -1.37. The summed E-state index contributed by atoms with van der Waals surface area (Å²) >= 11 is 0. The monoisotopic (exact) mass is 489 g/mol. The van der Waals surface area contributed by atoms with Gasteiger partial charge in [0.2, 0.25) is 0 Å². The molecule has 1 fully saturated rings. The summed E-state index contributed by atoms with van der Waals surface area (Å²) in [4.78, 5) is 38.7. The molecule has 0 spiro atoms. The number of esters is 2. The van der Waals surface area contributed by atoms with Crippen LogP contribution in [0.1, 0.15) is 79.1 Å². The number of hydrogen-bond donors (Lipinski definition) is 4.